The molecule has 0 aromatic carbocycles. The highest BCUT2D eigenvalue weighted by atomic mass is 16.6. The van der Waals surface area contributed by atoms with Crippen LogP contribution in [0, 0.1) is 0 Å². The van der Waals surface area contributed by atoms with Gasteiger partial charge in [-0.3, -0.25) is 9.59 Å². The average molecular weight is 877 g/mol. The largest absolute Gasteiger partial charge is 0.477 e. The van der Waals surface area contributed by atoms with E-state index in [-0.39, 0.29) is 36.2 Å². The number of hydrogen-bond acceptors (Lipinski definition) is 6. The van der Waals surface area contributed by atoms with E-state index in [1.54, 1.807) is 0 Å². The number of nitrogens with zero attached hydrogens (tertiary/aromatic N) is 1. The first kappa shape index (κ1) is 59.8. The van der Waals surface area contributed by atoms with Crippen molar-refractivity contribution in [2.75, 3.05) is 41.0 Å². The van der Waals surface area contributed by atoms with Crippen LogP contribution in [0.4, 0.5) is 0 Å². The first-order chi connectivity index (χ1) is 30.1. The molecule has 0 saturated heterocycles. The first-order valence-electron chi connectivity index (χ1n) is 26.4. The Kier molecular flexibility index (Phi) is 43.8. The van der Waals surface area contributed by atoms with Crippen LogP contribution in [0.3, 0.4) is 0 Å². The van der Waals surface area contributed by atoms with Crippen LogP contribution >= 0.6 is 0 Å². The van der Waals surface area contributed by atoms with Crippen molar-refractivity contribution < 1.29 is 38.2 Å². The lowest BCUT2D eigenvalue weighted by molar-refractivity contribution is -0.887. The quantitative estimate of drug-likeness (QED) is 0.0281. The molecular formula is C54H102NO7+. The van der Waals surface area contributed by atoms with Gasteiger partial charge in [0.05, 0.1) is 34.4 Å². The Morgan fingerprint density at radius 2 is 0.806 bits per heavy atom. The zero-order valence-electron chi connectivity index (χ0n) is 41.6. The van der Waals surface area contributed by atoms with E-state index in [2.05, 4.69) is 38.2 Å². The van der Waals surface area contributed by atoms with Crippen LogP contribution in [0.2, 0.25) is 0 Å². The second kappa shape index (κ2) is 45.4. The summed E-state index contributed by atoms with van der Waals surface area (Å²) < 4.78 is 17.4. The summed E-state index contributed by atoms with van der Waals surface area (Å²) in [6, 6.07) is -0.614. The second-order valence-corrected chi connectivity index (χ2v) is 19.1. The van der Waals surface area contributed by atoms with Gasteiger partial charge < -0.3 is 23.8 Å². The van der Waals surface area contributed by atoms with Crippen LogP contribution in [0.5, 0.6) is 0 Å². The SMILES string of the molecule is CCCCCCCC/C=C\CCCCCCCCCC(=O)OCC(COCCC(C(=O)O)[N+](C)(C)C)OC(=O)CCCCCCCCCCC/C=C\CCCCCCCCCC. The lowest BCUT2D eigenvalue weighted by Crippen LogP contribution is -2.50. The van der Waals surface area contributed by atoms with Gasteiger partial charge in [0.2, 0.25) is 0 Å². The lowest BCUT2D eigenvalue weighted by Gasteiger charge is -2.31. The maximum Gasteiger partial charge on any atom is 0.362 e. The molecule has 0 saturated carbocycles. The fourth-order valence-corrected chi connectivity index (χ4v) is 7.97. The summed E-state index contributed by atoms with van der Waals surface area (Å²) >= 11 is 0. The van der Waals surface area contributed by atoms with Crippen LogP contribution in [0.15, 0.2) is 24.3 Å². The summed E-state index contributed by atoms with van der Waals surface area (Å²) in [5.74, 6) is -1.46. The molecule has 8 nitrogen and oxygen atoms in total. The van der Waals surface area contributed by atoms with Crippen molar-refractivity contribution in [3.8, 4) is 0 Å². The third-order valence-corrected chi connectivity index (χ3v) is 12.1. The van der Waals surface area contributed by atoms with Crippen molar-refractivity contribution in [1.29, 1.82) is 0 Å². The molecule has 0 fully saturated rings. The highest BCUT2D eigenvalue weighted by Gasteiger charge is 2.31. The molecule has 62 heavy (non-hydrogen) atoms. The molecule has 0 bridgehead atoms. The van der Waals surface area contributed by atoms with E-state index >= 15 is 0 Å². The molecule has 8 heteroatoms. The smallest absolute Gasteiger partial charge is 0.362 e. The summed E-state index contributed by atoms with van der Waals surface area (Å²) in [6.07, 6.45) is 52.2. The normalized spacial score (nSPS) is 13.0. The van der Waals surface area contributed by atoms with Crippen molar-refractivity contribution in [1.82, 2.24) is 0 Å². The van der Waals surface area contributed by atoms with Gasteiger partial charge in [0.25, 0.3) is 0 Å². The number of unbranched alkanes of at least 4 members (excludes halogenated alkanes) is 30. The van der Waals surface area contributed by atoms with Gasteiger partial charge in [0, 0.05) is 19.3 Å². The van der Waals surface area contributed by atoms with Crippen molar-refractivity contribution in [2.45, 2.75) is 264 Å². The number of rotatable bonds is 48. The van der Waals surface area contributed by atoms with Crippen LogP contribution < -0.4 is 0 Å². The Morgan fingerprint density at radius 1 is 0.468 bits per heavy atom. The number of allylic oxidation sites excluding steroid dienone is 4. The Hall–Kier alpha value is -2.19. The summed E-state index contributed by atoms with van der Waals surface area (Å²) in [7, 11) is 5.54. The summed E-state index contributed by atoms with van der Waals surface area (Å²) in [6.45, 7) is 4.76. The van der Waals surface area contributed by atoms with E-state index in [1.165, 1.54) is 180 Å². The van der Waals surface area contributed by atoms with Crippen molar-refractivity contribution in [3.63, 3.8) is 0 Å². The number of ether oxygens (including phenoxy) is 3. The highest BCUT2D eigenvalue weighted by molar-refractivity contribution is 5.72. The fourth-order valence-electron chi connectivity index (χ4n) is 7.97. The molecule has 2 atom stereocenters. The maximum absolute atomic E-state index is 12.8. The second-order valence-electron chi connectivity index (χ2n) is 19.1. The molecule has 0 aliphatic carbocycles. The van der Waals surface area contributed by atoms with Gasteiger partial charge in [-0.25, -0.2) is 4.79 Å². The minimum absolute atomic E-state index is 0.0503. The third kappa shape index (κ3) is 43.1. The number of quaternary nitrogens is 1. The molecule has 0 spiro atoms. The number of carbonyl (C=O) groups is 3. The first-order valence-corrected chi connectivity index (χ1v) is 26.4. The molecule has 0 radical (unpaired) electrons. The minimum atomic E-state index is -0.873. The van der Waals surface area contributed by atoms with Gasteiger partial charge in [-0.15, -0.1) is 0 Å². The van der Waals surface area contributed by atoms with Gasteiger partial charge in [-0.2, -0.15) is 0 Å². The van der Waals surface area contributed by atoms with E-state index < -0.39 is 18.1 Å². The minimum Gasteiger partial charge on any atom is -0.477 e. The van der Waals surface area contributed by atoms with Crippen molar-refractivity contribution in [3.05, 3.63) is 24.3 Å². The number of carbonyl (C=O) groups excluding carboxylic acids is 2. The Labute approximate surface area is 383 Å². The molecule has 0 aromatic rings. The average Bonchev–Trinajstić information content (AvgIpc) is 3.23. The predicted molar refractivity (Wildman–Crippen MR) is 262 cm³/mol. The molecule has 2 unspecified atom stereocenters. The molecular weight excluding hydrogens is 775 g/mol. The van der Waals surface area contributed by atoms with Gasteiger partial charge in [-0.1, -0.05) is 192 Å². The molecule has 0 aliphatic heterocycles. The van der Waals surface area contributed by atoms with Gasteiger partial charge in [-0.05, 0) is 64.2 Å². The van der Waals surface area contributed by atoms with Crippen LogP contribution in [0.1, 0.15) is 251 Å². The number of likely N-dealkylation sites (N-methyl/N-ethyl adjacent to an activating group) is 1. The summed E-state index contributed by atoms with van der Waals surface area (Å²) in [5.41, 5.74) is 0. The topological polar surface area (TPSA) is 99.1 Å². The Morgan fingerprint density at radius 3 is 1.16 bits per heavy atom. The number of carboxylic acid groups (broad SMARTS) is 1. The van der Waals surface area contributed by atoms with Crippen LogP contribution in [0.25, 0.3) is 0 Å². The number of aliphatic carboxylic acids is 1. The van der Waals surface area contributed by atoms with E-state index in [4.69, 9.17) is 14.2 Å². The number of carboxylic acids is 1. The van der Waals surface area contributed by atoms with E-state index in [0.29, 0.717) is 19.3 Å². The molecule has 0 aromatic heterocycles. The number of esters is 2. The molecule has 0 aliphatic rings. The summed E-state index contributed by atoms with van der Waals surface area (Å²) in [5, 5.41) is 9.66. The Bertz CT molecular complexity index is 1070. The third-order valence-electron chi connectivity index (χ3n) is 12.1. The molecule has 1 N–H and O–H groups in total. The van der Waals surface area contributed by atoms with Gasteiger partial charge in [0.1, 0.15) is 6.61 Å². The molecule has 0 amide bonds. The zero-order valence-corrected chi connectivity index (χ0v) is 41.6. The molecule has 0 heterocycles. The standard InChI is InChI=1S/C54H101NO7/c1-6-8-10-12-14-16-18-20-22-24-25-26-27-29-31-33-35-37-39-41-43-45-53(57)62-50(48-60-47-46-51(54(58)59)55(3,4)5)49-61-52(56)44-42-40-38-36-34-32-30-28-23-21-19-17-15-13-11-9-7-2/h21,23-25,50-51H,6-20,22,26-49H2,1-5H3/p+1/b23-21-,25-24-. The van der Waals surface area contributed by atoms with Gasteiger partial charge >= 0.3 is 17.9 Å². The highest BCUT2D eigenvalue weighted by Crippen LogP contribution is 2.16. The van der Waals surface area contributed by atoms with Crippen LogP contribution in [-0.4, -0.2) is 80.6 Å². The Balaban J connectivity index is 4.22. The van der Waals surface area contributed by atoms with Crippen molar-refractivity contribution >= 4 is 17.9 Å². The lowest BCUT2D eigenvalue weighted by atomic mass is 10.1. The molecule has 364 valence electrons. The molecule has 0 rings (SSSR count). The van der Waals surface area contributed by atoms with Crippen molar-refractivity contribution in [2.24, 2.45) is 0 Å². The predicted octanol–water partition coefficient (Wildman–Crippen LogP) is 15.2. The van der Waals surface area contributed by atoms with E-state index in [1.807, 2.05) is 21.1 Å². The van der Waals surface area contributed by atoms with E-state index in [0.717, 1.165) is 38.5 Å². The maximum atomic E-state index is 12.8. The van der Waals surface area contributed by atoms with Crippen LogP contribution in [-0.2, 0) is 28.6 Å². The zero-order chi connectivity index (χ0) is 45.6. The fraction of sp³-hybridized carbons (Fsp3) is 0.870. The number of hydrogen-bond donors (Lipinski definition) is 1. The monoisotopic (exact) mass is 877 g/mol. The summed E-state index contributed by atoms with van der Waals surface area (Å²) in [4.78, 5) is 37.2. The van der Waals surface area contributed by atoms with Gasteiger partial charge in [0.15, 0.2) is 12.1 Å². The van der Waals surface area contributed by atoms with E-state index in [9.17, 15) is 19.5 Å².